The van der Waals surface area contributed by atoms with Gasteiger partial charge < -0.3 is 10.3 Å². The first-order chi connectivity index (χ1) is 14.5. The van der Waals surface area contributed by atoms with Crippen LogP contribution in [0.15, 0.2) is 52.8 Å². The Morgan fingerprint density at radius 2 is 2.07 bits per heavy atom. The molecule has 2 atom stereocenters. The minimum atomic E-state index is -0.334. The van der Waals surface area contributed by atoms with Gasteiger partial charge in [0.25, 0.3) is 5.56 Å². The highest BCUT2D eigenvalue weighted by Gasteiger charge is 2.27. The molecule has 2 unspecified atom stereocenters. The second-order valence-corrected chi connectivity index (χ2v) is 8.38. The molecule has 30 heavy (non-hydrogen) atoms. The van der Waals surface area contributed by atoms with E-state index in [0.717, 1.165) is 16.3 Å². The van der Waals surface area contributed by atoms with Crippen LogP contribution in [0.1, 0.15) is 31.5 Å². The minimum Gasteiger partial charge on any atom is -0.362 e. The molecular formula is C21H19FN6OS. The Morgan fingerprint density at radius 1 is 1.27 bits per heavy atom. The molecule has 1 aliphatic rings. The number of nitrogens with zero attached hydrogens (tertiary/aromatic N) is 4. The standard InChI is InChI=1S/C21H19FN6OS/c1-11-8-30-16-7-15(12(2)27-20-18-19(24-9-23-18)25-10-26-20)17(21(29)28(11)16)13-3-5-14(22)6-4-13/h3-7,9-12H,8H2,1-2H3,(H2,23,24,25,26,27). The number of pyridine rings is 1. The van der Waals surface area contributed by atoms with E-state index in [1.54, 1.807) is 30.2 Å². The first kappa shape index (κ1) is 18.8. The molecule has 1 aliphatic heterocycles. The van der Waals surface area contributed by atoms with Crippen LogP contribution in [0.2, 0.25) is 0 Å². The number of H-pyrrole nitrogens is 1. The highest BCUT2D eigenvalue weighted by Crippen LogP contribution is 2.37. The van der Waals surface area contributed by atoms with Crippen LogP contribution < -0.4 is 10.9 Å². The fraction of sp³-hybridized carbons (Fsp3) is 0.238. The van der Waals surface area contributed by atoms with Crippen molar-refractivity contribution in [2.24, 2.45) is 0 Å². The first-order valence-corrected chi connectivity index (χ1v) is 10.6. The number of hydrogen-bond donors (Lipinski definition) is 2. The summed E-state index contributed by atoms with van der Waals surface area (Å²) in [5.41, 5.74) is 3.31. The molecule has 0 aliphatic carbocycles. The molecular weight excluding hydrogens is 403 g/mol. The predicted octanol–water partition coefficient (Wildman–Crippen LogP) is 4.16. The van der Waals surface area contributed by atoms with E-state index in [2.05, 4.69) is 31.3 Å². The third-order valence-corrected chi connectivity index (χ3v) is 6.59. The van der Waals surface area contributed by atoms with Crippen molar-refractivity contribution in [3.63, 3.8) is 0 Å². The number of aromatic amines is 1. The van der Waals surface area contributed by atoms with E-state index in [1.165, 1.54) is 18.5 Å². The molecule has 0 radical (unpaired) electrons. The third kappa shape index (κ3) is 3.06. The molecule has 0 saturated heterocycles. The van der Waals surface area contributed by atoms with Crippen LogP contribution in [0.5, 0.6) is 0 Å². The molecule has 7 nitrogen and oxygen atoms in total. The molecule has 5 rings (SSSR count). The van der Waals surface area contributed by atoms with Crippen molar-refractivity contribution in [2.75, 3.05) is 11.1 Å². The minimum absolute atomic E-state index is 0.0605. The monoisotopic (exact) mass is 422 g/mol. The maximum Gasteiger partial charge on any atom is 0.259 e. The van der Waals surface area contributed by atoms with Crippen molar-refractivity contribution in [3.05, 3.63) is 64.7 Å². The average Bonchev–Trinajstić information content (AvgIpc) is 3.36. The van der Waals surface area contributed by atoms with Crippen LogP contribution in [-0.2, 0) is 0 Å². The summed E-state index contributed by atoms with van der Waals surface area (Å²) in [5.74, 6) is 1.13. The molecule has 2 N–H and O–H groups in total. The third-order valence-electron chi connectivity index (χ3n) is 5.33. The zero-order valence-corrected chi connectivity index (χ0v) is 17.2. The molecule has 4 heterocycles. The van der Waals surface area contributed by atoms with E-state index >= 15 is 0 Å². The van der Waals surface area contributed by atoms with Crippen molar-refractivity contribution in [1.82, 2.24) is 24.5 Å². The van der Waals surface area contributed by atoms with Crippen molar-refractivity contribution < 1.29 is 4.39 Å². The zero-order chi connectivity index (χ0) is 20.8. The summed E-state index contributed by atoms with van der Waals surface area (Å²) >= 11 is 1.67. The highest BCUT2D eigenvalue weighted by molar-refractivity contribution is 7.99. The average molecular weight is 422 g/mol. The SMILES string of the molecule is CC(Nc1ncnc2nc[nH]c12)c1cc2n(c(=O)c1-c1ccc(F)cc1)C(C)CS2. The molecule has 4 aromatic rings. The fourth-order valence-corrected chi connectivity index (χ4v) is 5.01. The number of halogens is 1. The topological polar surface area (TPSA) is 88.5 Å². The van der Waals surface area contributed by atoms with Gasteiger partial charge in [0.15, 0.2) is 11.5 Å². The molecule has 152 valence electrons. The van der Waals surface area contributed by atoms with Crippen molar-refractivity contribution in [1.29, 1.82) is 0 Å². The molecule has 0 saturated carbocycles. The molecule has 1 aromatic carbocycles. The number of aromatic nitrogens is 5. The summed E-state index contributed by atoms with van der Waals surface area (Å²) < 4.78 is 15.4. The van der Waals surface area contributed by atoms with Crippen LogP contribution in [0.25, 0.3) is 22.3 Å². The Bertz CT molecular complexity index is 1300. The normalized spacial score (nSPS) is 16.6. The lowest BCUT2D eigenvalue weighted by atomic mass is 9.96. The smallest absolute Gasteiger partial charge is 0.259 e. The van der Waals surface area contributed by atoms with E-state index in [-0.39, 0.29) is 23.5 Å². The molecule has 0 spiro atoms. The van der Waals surface area contributed by atoms with Crippen LogP contribution in [0.3, 0.4) is 0 Å². The van der Waals surface area contributed by atoms with Gasteiger partial charge in [-0.1, -0.05) is 12.1 Å². The number of rotatable bonds is 4. The van der Waals surface area contributed by atoms with Crippen LogP contribution >= 0.6 is 11.8 Å². The highest BCUT2D eigenvalue weighted by atomic mass is 32.2. The fourth-order valence-electron chi connectivity index (χ4n) is 3.83. The Hall–Kier alpha value is -3.20. The lowest BCUT2D eigenvalue weighted by Crippen LogP contribution is -2.26. The number of nitrogens with one attached hydrogen (secondary N) is 2. The molecule has 0 amide bonds. The van der Waals surface area contributed by atoms with Gasteiger partial charge in [-0.3, -0.25) is 9.36 Å². The van der Waals surface area contributed by atoms with Crippen LogP contribution in [0, 0.1) is 5.82 Å². The summed E-state index contributed by atoms with van der Waals surface area (Å²) in [7, 11) is 0. The molecule has 3 aromatic heterocycles. The van der Waals surface area contributed by atoms with E-state index in [1.807, 2.05) is 18.4 Å². The number of fused-ring (bicyclic) bond motifs is 2. The maximum absolute atomic E-state index is 13.5. The summed E-state index contributed by atoms with van der Waals surface area (Å²) in [6.07, 6.45) is 3.02. The summed E-state index contributed by atoms with van der Waals surface area (Å²) in [4.78, 5) is 29.2. The second-order valence-electron chi connectivity index (χ2n) is 7.34. The van der Waals surface area contributed by atoms with E-state index in [0.29, 0.717) is 28.1 Å². The van der Waals surface area contributed by atoms with Crippen molar-refractivity contribution >= 4 is 28.7 Å². The van der Waals surface area contributed by atoms with Crippen molar-refractivity contribution in [2.45, 2.75) is 31.0 Å². The Labute approximate surface area is 175 Å². The predicted molar refractivity (Wildman–Crippen MR) is 115 cm³/mol. The summed E-state index contributed by atoms with van der Waals surface area (Å²) in [6, 6.07) is 8.00. The number of imidazole rings is 1. The maximum atomic E-state index is 13.5. The molecule has 0 fully saturated rings. The van der Waals surface area contributed by atoms with E-state index in [4.69, 9.17) is 0 Å². The quantitative estimate of drug-likeness (QED) is 0.513. The molecule has 9 heteroatoms. The lowest BCUT2D eigenvalue weighted by Gasteiger charge is -2.21. The van der Waals surface area contributed by atoms with Gasteiger partial charge in [0.1, 0.15) is 17.7 Å². The number of benzene rings is 1. The van der Waals surface area contributed by atoms with Crippen LogP contribution in [-0.4, -0.2) is 30.3 Å². The summed E-state index contributed by atoms with van der Waals surface area (Å²) in [6.45, 7) is 4.02. The van der Waals surface area contributed by atoms with E-state index in [9.17, 15) is 9.18 Å². The van der Waals surface area contributed by atoms with Gasteiger partial charge in [0, 0.05) is 11.8 Å². The van der Waals surface area contributed by atoms with Gasteiger partial charge in [-0.15, -0.1) is 11.8 Å². The van der Waals surface area contributed by atoms with Gasteiger partial charge in [-0.25, -0.2) is 19.3 Å². The zero-order valence-electron chi connectivity index (χ0n) is 16.4. The van der Waals surface area contributed by atoms with Gasteiger partial charge in [0.05, 0.1) is 23.0 Å². The number of anilines is 1. The second kappa shape index (κ2) is 7.24. The first-order valence-electron chi connectivity index (χ1n) is 9.61. The lowest BCUT2D eigenvalue weighted by molar-refractivity contribution is 0.562. The molecule has 0 bridgehead atoms. The Balaban J connectivity index is 1.65. The van der Waals surface area contributed by atoms with Gasteiger partial charge in [-0.05, 0) is 43.2 Å². The van der Waals surface area contributed by atoms with Gasteiger partial charge >= 0.3 is 0 Å². The number of hydrogen-bond acceptors (Lipinski definition) is 6. The van der Waals surface area contributed by atoms with E-state index < -0.39 is 0 Å². The largest absolute Gasteiger partial charge is 0.362 e. The van der Waals surface area contributed by atoms with Crippen molar-refractivity contribution in [3.8, 4) is 11.1 Å². The Kier molecular flexibility index (Phi) is 4.54. The van der Waals surface area contributed by atoms with Crippen LogP contribution in [0.4, 0.5) is 10.2 Å². The Morgan fingerprint density at radius 3 is 2.87 bits per heavy atom. The summed E-state index contributed by atoms with van der Waals surface area (Å²) in [5, 5.41) is 4.33. The van der Waals surface area contributed by atoms with Gasteiger partial charge in [0.2, 0.25) is 0 Å². The number of thioether (sulfide) groups is 1. The van der Waals surface area contributed by atoms with Gasteiger partial charge in [-0.2, -0.15) is 0 Å².